The molecule has 2 aliphatic carbocycles. The van der Waals surface area contributed by atoms with Crippen molar-refractivity contribution in [3.63, 3.8) is 0 Å². The van der Waals surface area contributed by atoms with E-state index in [-0.39, 0.29) is 40.2 Å². The van der Waals surface area contributed by atoms with Gasteiger partial charge in [0.25, 0.3) is 0 Å². The van der Waals surface area contributed by atoms with Crippen LogP contribution >= 0.6 is 11.3 Å². The maximum Gasteiger partial charge on any atom is 0.348 e. The number of carbonyl (C=O) groups excluding carboxylic acids is 1. The predicted molar refractivity (Wildman–Crippen MR) is 172 cm³/mol. The molecular weight excluding hydrogens is 558 g/mol. The van der Waals surface area contributed by atoms with E-state index in [9.17, 15) is 14.7 Å². The summed E-state index contributed by atoms with van der Waals surface area (Å²) in [5, 5.41) is 10.3. The largest absolute Gasteiger partial charge is 0.477 e. The van der Waals surface area contributed by atoms with E-state index in [0.717, 1.165) is 64.6 Å². The van der Waals surface area contributed by atoms with Gasteiger partial charge in [-0.15, -0.1) is 11.3 Å². The SMILES string of the molecule is CC1CCC(C(=O)N(c2cc(C#CC(C)(C)C)sc2C(=O)O)C2CCC(Oc3ccccn3)C(CN3CCCC3)C2)CC1. The molecule has 3 heterocycles. The number of anilines is 1. The first-order valence-electron chi connectivity index (χ1n) is 16.1. The zero-order chi connectivity index (χ0) is 30.6. The van der Waals surface area contributed by atoms with Crippen molar-refractivity contribution in [2.45, 2.75) is 97.6 Å². The van der Waals surface area contributed by atoms with Gasteiger partial charge in [0.1, 0.15) is 11.0 Å². The minimum Gasteiger partial charge on any atom is -0.477 e. The zero-order valence-corrected chi connectivity index (χ0v) is 27.0. The molecule has 232 valence electrons. The Bertz CT molecular complexity index is 1310. The molecule has 0 aromatic carbocycles. The Kier molecular flexibility index (Phi) is 10.1. The molecule has 3 atom stereocenters. The topological polar surface area (TPSA) is 83.0 Å². The van der Waals surface area contributed by atoms with Crippen LogP contribution in [-0.2, 0) is 4.79 Å². The Labute approximate surface area is 261 Å². The van der Waals surface area contributed by atoms with Gasteiger partial charge in [0.05, 0.1) is 10.6 Å². The van der Waals surface area contributed by atoms with Crippen LogP contribution in [0.2, 0.25) is 0 Å². The number of hydrogen-bond donors (Lipinski definition) is 1. The van der Waals surface area contributed by atoms with Gasteiger partial charge in [-0.2, -0.15) is 0 Å². The lowest BCUT2D eigenvalue weighted by Crippen LogP contribution is -2.51. The molecule has 2 saturated carbocycles. The van der Waals surface area contributed by atoms with Gasteiger partial charge in [-0.25, -0.2) is 9.78 Å². The van der Waals surface area contributed by atoms with Crippen LogP contribution in [0.5, 0.6) is 5.88 Å². The first-order chi connectivity index (χ1) is 20.6. The molecule has 0 radical (unpaired) electrons. The van der Waals surface area contributed by atoms with Gasteiger partial charge in [0.15, 0.2) is 0 Å². The molecule has 3 aliphatic rings. The number of aromatic nitrogens is 1. The number of carboxylic acid groups (broad SMARTS) is 1. The van der Waals surface area contributed by atoms with Crippen LogP contribution in [0, 0.1) is 35.0 Å². The second-order valence-electron chi connectivity index (χ2n) is 13.9. The van der Waals surface area contributed by atoms with Crippen LogP contribution in [0.1, 0.15) is 100 Å². The minimum atomic E-state index is -1.00. The van der Waals surface area contributed by atoms with Gasteiger partial charge in [-0.05, 0) is 110 Å². The van der Waals surface area contributed by atoms with Gasteiger partial charge in [0.2, 0.25) is 11.8 Å². The molecular formula is C35H47N3O4S. The number of rotatable bonds is 8. The van der Waals surface area contributed by atoms with Gasteiger partial charge in [0, 0.05) is 42.1 Å². The van der Waals surface area contributed by atoms with E-state index < -0.39 is 5.97 Å². The summed E-state index contributed by atoms with van der Waals surface area (Å²) in [7, 11) is 0. The highest BCUT2D eigenvalue weighted by Crippen LogP contribution is 2.41. The fourth-order valence-electron chi connectivity index (χ4n) is 6.89. The number of carbonyl (C=O) groups is 2. The summed E-state index contributed by atoms with van der Waals surface area (Å²) in [5.41, 5.74) is 0.310. The monoisotopic (exact) mass is 605 g/mol. The third kappa shape index (κ3) is 8.19. The molecule has 3 unspecified atom stereocenters. The van der Waals surface area contributed by atoms with Crippen molar-refractivity contribution in [2.24, 2.45) is 23.2 Å². The number of carboxylic acids is 1. The van der Waals surface area contributed by atoms with E-state index in [1.807, 2.05) is 49.9 Å². The first-order valence-corrected chi connectivity index (χ1v) is 16.9. The summed E-state index contributed by atoms with van der Waals surface area (Å²) in [4.78, 5) is 36.8. The first kappa shape index (κ1) is 31.5. The average molecular weight is 606 g/mol. The normalized spacial score (nSPS) is 26.4. The Hall–Kier alpha value is -2.89. The van der Waals surface area contributed by atoms with Crippen LogP contribution in [-0.4, -0.2) is 58.6 Å². The van der Waals surface area contributed by atoms with Crippen LogP contribution in [0.3, 0.4) is 0 Å². The summed E-state index contributed by atoms with van der Waals surface area (Å²) in [5.74, 6) is 6.91. The maximum absolute atomic E-state index is 14.5. The molecule has 1 aliphatic heterocycles. The molecule has 1 saturated heterocycles. The van der Waals surface area contributed by atoms with E-state index in [1.165, 1.54) is 24.2 Å². The number of nitrogens with zero attached hydrogens (tertiary/aromatic N) is 3. The fraction of sp³-hybridized carbons (Fsp3) is 0.629. The Morgan fingerprint density at radius 1 is 1.12 bits per heavy atom. The van der Waals surface area contributed by atoms with Gasteiger partial charge in [-0.1, -0.05) is 24.8 Å². The molecule has 7 nitrogen and oxygen atoms in total. The van der Waals surface area contributed by atoms with E-state index in [0.29, 0.717) is 22.4 Å². The molecule has 5 rings (SSSR count). The van der Waals surface area contributed by atoms with Crippen LogP contribution in [0.25, 0.3) is 0 Å². The second-order valence-corrected chi connectivity index (χ2v) is 14.9. The van der Waals surface area contributed by atoms with Crippen molar-refractivity contribution in [1.82, 2.24) is 9.88 Å². The van der Waals surface area contributed by atoms with Gasteiger partial charge >= 0.3 is 5.97 Å². The molecule has 2 aromatic heterocycles. The Morgan fingerprint density at radius 3 is 2.51 bits per heavy atom. The van der Waals surface area contributed by atoms with Gasteiger partial charge < -0.3 is 19.6 Å². The highest BCUT2D eigenvalue weighted by atomic mass is 32.1. The number of pyridine rings is 1. The Balaban J connectivity index is 1.48. The summed E-state index contributed by atoms with van der Waals surface area (Å²) >= 11 is 1.19. The fourth-order valence-corrected chi connectivity index (χ4v) is 7.73. The number of hydrogen-bond acceptors (Lipinski definition) is 6. The number of aromatic carboxylic acids is 1. The second kappa shape index (κ2) is 13.8. The predicted octanol–water partition coefficient (Wildman–Crippen LogP) is 7.11. The average Bonchev–Trinajstić information content (AvgIpc) is 3.64. The van der Waals surface area contributed by atoms with Crippen molar-refractivity contribution >= 4 is 28.9 Å². The van der Waals surface area contributed by atoms with Gasteiger partial charge in [-0.3, -0.25) is 4.79 Å². The standard InChI is InChI=1S/C35H47N3O4S/c1-24-10-12-25(13-11-24)33(39)38(29-22-28(16-17-35(2,3)4)43-32(29)34(40)41)27-14-15-30(42-31-9-5-6-18-36-31)26(21-27)23-37-19-7-8-20-37/h5-6,9,18,22,24-27,30H,7-8,10-15,19-21,23H2,1-4H3,(H,40,41). The summed E-state index contributed by atoms with van der Waals surface area (Å²) in [6.07, 6.45) is 10.2. The van der Waals surface area contributed by atoms with E-state index >= 15 is 0 Å². The third-order valence-corrected chi connectivity index (χ3v) is 10.2. The lowest BCUT2D eigenvalue weighted by molar-refractivity contribution is -0.124. The molecule has 0 spiro atoms. The van der Waals surface area contributed by atoms with Crippen LogP contribution < -0.4 is 9.64 Å². The number of amides is 1. The summed E-state index contributed by atoms with van der Waals surface area (Å²) in [6, 6.07) is 7.51. The highest BCUT2D eigenvalue weighted by molar-refractivity contribution is 7.15. The lowest BCUT2D eigenvalue weighted by atomic mass is 9.79. The molecule has 43 heavy (non-hydrogen) atoms. The van der Waals surface area contributed by atoms with Crippen molar-refractivity contribution in [2.75, 3.05) is 24.5 Å². The van der Waals surface area contributed by atoms with Crippen molar-refractivity contribution < 1.29 is 19.4 Å². The molecule has 2 aromatic rings. The number of thiophene rings is 1. The Morgan fingerprint density at radius 2 is 1.86 bits per heavy atom. The van der Waals surface area contributed by atoms with Crippen LogP contribution in [0.4, 0.5) is 5.69 Å². The minimum absolute atomic E-state index is 0.00568. The highest BCUT2D eigenvalue weighted by Gasteiger charge is 2.41. The smallest absolute Gasteiger partial charge is 0.348 e. The molecule has 8 heteroatoms. The zero-order valence-electron chi connectivity index (χ0n) is 26.2. The maximum atomic E-state index is 14.5. The van der Waals surface area contributed by atoms with Crippen molar-refractivity contribution in [3.8, 4) is 17.7 Å². The quantitative estimate of drug-likeness (QED) is 0.323. The molecule has 1 amide bonds. The van der Waals surface area contributed by atoms with Crippen molar-refractivity contribution in [1.29, 1.82) is 0 Å². The lowest BCUT2D eigenvalue weighted by Gasteiger charge is -2.43. The summed E-state index contributed by atoms with van der Waals surface area (Å²) < 4.78 is 6.48. The third-order valence-electron chi connectivity index (χ3n) is 9.18. The molecule has 0 bridgehead atoms. The molecule has 1 N–H and O–H groups in total. The van der Waals surface area contributed by atoms with E-state index in [2.05, 4.69) is 28.6 Å². The number of ether oxygens (including phenoxy) is 1. The van der Waals surface area contributed by atoms with E-state index in [4.69, 9.17) is 4.74 Å². The van der Waals surface area contributed by atoms with Crippen molar-refractivity contribution in [3.05, 3.63) is 40.2 Å². The molecule has 3 fully saturated rings. The van der Waals surface area contributed by atoms with E-state index in [1.54, 1.807) is 6.20 Å². The van der Waals surface area contributed by atoms with Crippen LogP contribution in [0.15, 0.2) is 30.5 Å². The number of likely N-dealkylation sites (tertiary alicyclic amines) is 1. The summed E-state index contributed by atoms with van der Waals surface area (Å²) in [6.45, 7) is 11.5.